The number of methoxy groups -OCH3 is 2. The molecule has 0 aliphatic rings. The lowest BCUT2D eigenvalue weighted by atomic mass is 9.85. The molecule has 35 heavy (non-hydrogen) atoms. The van der Waals surface area contributed by atoms with Crippen molar-refractivity contribution in [3.05, 3.63) is 87.5 Å². The summed E-state index contributed by atoms with van der Waals surface area (Å²) < 4.78 is 10.8. The number of carbonyl (C=O) groups is 2. The van der Waals surface area contributed by atoms with E-state index in [-0.39, 0.29) is 28.6 Å². The lowest BCUT2D eigenvalue weighted by Gasteiger charge is -2.19. The van der Waals surface area contributed by atoms with Crippen molar-refractivity contribution in [1.29, 1.82) is 0 Å². The van der Waals surface area contributed by atoms with Gasteiger partial charge in [0.05, 0.1) is 30.5 Å². The fourth-order valence-electron chi connectivity index (χ4n) is 3.53. The second-order valence-corrected chi connectivity index (χ2v) is 8.77. The highest BCUT2D eigenvalue weighted by Crippen LogP contribution is 2.37. The Morgan fingerprint density at radius 1 is 0.800 bits per heavy atom. The van der Waals surface area contributed by atoms with E-state index < -0.39 is 16.2 Å². The first kappa shape index (κ1) is 25.2. The van der Waals surface area contributed by atoms with Crippen molar-refractivity contribution >= 4 is 28.9 Å². The minimum atomic E-state index is -0.560. The summed E-state index contributed by atoms with van der Waals surface area (Å²) in [6.45, 7) is 5.60. The third-order valence-electron chi connectivity index (χ3n) is 5.32. The van der Waals surface area contributed by atoms with E-state index in [1.807, 2.05) is 26.8 Å². The maximum Gasteiger partial charge on any atom is 0.273 e. The van der Waals surface area contributed by atoms with E-state index >= 15 is 0 Å². The summed E-state index contributed by atoms with van der Waals surface area (Å²) in [7, 11) is 2.85. The van der Waals surface area contributed by atoms with Crippen LogP contribution >= 0.6 is 0 Å². The van der Waals surface area contributed by atoms with Crippen LogP contribution in [0.3, 0.4) is 0 Å². The average molecular weight is 478 g/mol. The normalized spacial score (nSPS) is 10.9. The molecular formula is C26H27N3O6. The molecule has 0 heterocycles. The molecule has 9 nitrogen and oxygen atoms in total. The van der Waals surface area contributed by atoms with E-state index in [0.717, 1.165) is 0 Å². The quantitative estimate of drug-likeness (QED) is 0.347. The number of hydrogen-bond donors (Lipinski definition) is 2. The predicted molar refractivity (Wildman–Crippen MR) is 134 cm³/mol. The molecule has 3 rings (SSSR count). The van der Waals surface area contributed by atoms with Crippen LogP contribution in [0.5, 0.6) is 11.5 Å². The zero-order chi connectivity index (χ0) is 25.8. The van der Waals surface area contributed by atoms with Gasteiger partial charge in [-0.2, -0.15) is 0 Å². The second kappa shape index (κ2) is 10.3. The zero-order valence-electron chi connectivity index (χ0n) is 20.2. The molecule has 0 bridgehead atoms. The first-order valence-corrected chi connectivity index (χ1v) is 10.8. The van der Waals surface area contributed by atoms with Gasteiger partial charge in [-0.1, -0.05) is 45.0 Å². The van der Waals surface area contributed by atoms with Gasteiger partial charge < -0.3 is 20.1 Å². The van der Waals surface area contributed by atoms with Crippen LogP contribution in [-0.2, 0) is 5.41 Å². The van der Waals surface area contributed by atoms with Crippen LogP contribution in [0.1, 0.15) is 47.1 Å². The molecule has 0 saturated heterocycles. The minimum Gasteiger partial charge on any atom is -0.494 e. The fraction of sp³-hybridized carbons (Fsp3) is 0.231. The van der Waals surface area contributed by atoms with Crippen LogP contribution in [-0.4, -0.2) is 31.0 Å². The van der Waals surface area contributed by atoms with Gasteiger partial charge in [-0.25, -0.2) is 0 Å². The first-order valence-electron chi connectivity index (χ1n) is 10.8. The van der Waals surface area contributed by atoms with Gasteiger partial charge in [0.1, 0.15) is 11.5 Å². The molecular weight excluding hydrogens is 450 g/mol. The maximum atomic E-state index is 13.0. The number of nitro groups is 1. The van der Waals surface area contributed by atoms with E-state index in [2.05, 4.69) is 10.6 Å². The number of benzene rings is 3. The monoisotopic (exact) mass is 477 g/mol. The number of amides is 2. The number of hydrogen-bond acceptors (Lipinski definition) is 6. The highest BCUT2D eigenvalue weighted by atomic mass is 16.6. The molecule has 9 heteroatoms. The maximum absolute atomic E-state index is 13.0. The van der Waals surface area contributed by atoms with Crippen molar-refractivity contribution in [2.24, 2.45) is 0 Å². The Hall–Kier alpha value is -4.40. The number of nitro benzene ring substituents is 1. The number of nitrogens with zero attached hydrogens (tertiary/aromatic N) is 1. The topological polar surface area (TPSA) is 120 Å². The molecule has 0 spiro atoms. The van der Waals surface area contributed by atoms with Crippen LogP contribution in [0.15, 0.2) is 60.7 Å². The van der Waals surface area contributed by atoms with Crippen molar-refractivity contribution in [3.8, 4) is 11.5 Å². The van der Waals surface area contributed by atoms with Crippen molar-refractivity contribution in [2.45, 2.75) is 26.2 Å². The highest BCUT2D eigenvalue weighted by molar-refractivity contribution is 6.07. The summed E-state index contributed by atoms with van der Waals surface area (Å²) in [5, 5.41) is 17.1. The fourth-order valence-corrected chi connectivity index (χ4v) is 3.53. The first-order chi connectivity index (χ1) is 16.5. The Kier molecular flexibility index (Phi) is 7.39. The average Bonchev–Trinajstić information content (AvgIpc) is 2.84. The Balaban J connectivity index is 1.91. The van der Waals surface area contributed by atoms with Crippen molar-refractivity contribution in [3.63, 3.8) is 0 Å². The van der Waals surface area contributed by atoms with Crippen molar-refractivity contribution in [1.82, 2.24) is 0 Å². The molecule has 0 unspecified atom stereocenters. The number of nitrogens with one attached hydrogen (secondary N) is 2. The van der Waals surface area contributed by atoms with Gasteiger partial charge in [0.2, 0.25) is 0 Å². The largest absolute Gasteiger partial charge is 0.494 e. The van der Waals surface area contributed by atoms with Crippen molar-refractivity contribution in [2.75, 3.05) is 24.9 Å². The molecule has 0 atom stereocenters. The van der Waals surface area contributed by atoms with Crippen LogP contribution in [0, 0.1) is 10.1 Å². The molecule has 182 valence electrons. The number of rotatable bonds is 7. The lowest BCUT2D eigenvalue weighted by molar-refractivity contribution is -0.386. The van der Waals surface area contributed by atoms with Gasteiger partial charge in [0, 0.05) is 34.9 Å². The summed E-state index contributed by atoms with van der Waals surface area (Å²) in [4.78, 5) is 36.7. The van der Waals surface area contributed by atoms with E-state index in [4.69, 9.17) is 9.47 Å². The molecule has 2 amide bonds. The Bertz CT molecular complexity index is 1270. The molecule has 0 radical (unpaired) electrons. The summed E-state index contributed by atoms with van der Waals surface area (Å²) in [6.07, 6.45) is 0. The molecule has 0 aliphatic heterocycles. The van der Waals surface area contributed by atoms with Gasteiger partial charge >= 0.3 is 0 Å². The van der Waals surface area contributed by atoms with E-state index in [0.29, 0.717) is 22.6 Å². The molecule has 0 saturated carbocycles. The molecule has 2 N–H and O–H groups in total. The smallest absolute Gasteiger partial charge is 0.273 e. The number of carbonyl (C=O) groups excluding carboxylic acids is 2. The Labute approximate surface area is 203 Å². The summed E-state index contributed by atoms with van der Waals surface area (Å²) in [5.41, 5.74) is 1.13. The molecule has 0 fully saturated rings. The highest BCUT2D eigenvalue weighted by Gasteiger charge is 2.26. The predicted octanol–water partition coefficient (Wildman–Crippen LogP) is 5.41. The summed E-state index contributed by atoms with van der Waals surface area (Å²) >= 11 is 0. The van der Waals surface area contributed by atoms with E-state index in [1.54, 1.807) is 36.4 Å². The second-order valence-electron chi connectivity index (χ2n) is 8.77. The molecule has 0 aromatic heterocycles. The van der Waals surface area contributed by atoms with E-state index in [9.17, 15) is 19.7 Å². The van der Waals surface area contributed by atoms with Crippen LogP contribution in [0.25, 0.3) is 0 Å². The third-order valence-corrected chi connectivity index (χ3v) is 5.32. The van der Waals surface area contributed by atoms with Gasteiger partial charge in [-0.3, -0.25) is 19.7 Å². The van der Waals surface area contributed by atoms with Gasteiger partial charge in [0.25, 0.3) is 17.5 Å². The molecule has 3 aromatic carbocycles. The summed E-state index contributed by atoms with van der Waals surface area (Å²) in [6, 6.07) is 16.1. The number of ether oxygens (including phenoxy) is 2. The Morgan fingerprint density at radius 3 is 1.77 bits per heavy atom. The van der Waals surface area contributed by atoms with Crippen LogP contribution < -0.4 is 20.1 Å². The van der Waals surface area contributed by atoms with Crippen LogP contribution in [0.4, 0.5) is 17.1 Å². The minimum absolute atomic E-state index is 0.118. The van der Waals surface area contributed by atoms with Gasteiger partial charge in [0.15, 0.2) is 0 Å². The molecule has 0 aliphatic carbocycles. The summed E-state index contributed by atoms with van der Waals surface area (Å²) in [5.74, 6) is -0.341. The Morgan fingerprint density at radius 2 is 1.31 bits per heavy atom. The van der Waals surface area contributed by atoms with Crippen molar-refractivity contribution < 1.29 is 24.0 Å². The standard InChI is InChI=1S/C26H27N3O6/c1-26(2,3)18-12-11-17(13-21(18)29(32)33)25(31)28-20-15-22(34-4)19(14-23(20)35-5)27-24(30)16-9-7-6-8-10-16/h6-15H,1-5H3,(H,27,30)(H,28,31). The SMILES string of the molecule is COc1cc(NC(=O)c2ccc(C(C)(C)C)c([N+](=O)[O-])c2)c(OC)cc1NC(=O)c1ccccc1. The zero-order valence-corrected chi connectivity index (χ0v) is 20.2. The van der Waals surface area contributed by atoms with Gasteiger partial charge in [-0.05, 0) is 23.6 Å². The molecule has 3 aromatic rings. The lowest BCUT2D eigenvalue weighted by Crippen LogP contribution is -2.17. The number of anilines is 2. The third kappa shape index (κ3) is 5.75. The van der Waals surface area contributed by atoms with Crippen LogP contribution in [0.2, 0.25) is 0 Å². The van der Waals surface area contributed by atoms with Gasteiger partial charge in [-0.15, -0.1) is 0 Å². The van der Waals surface area contributed by atoms with E-state index in [1.165, 1.54) is 32.4 Å².